The first-order chi connectivity index (χ1) is 14.2. The highest BCUT2D eigenvalue weighted by molar-refractivity contribution is 14.0. The maximum absolute atomic E-state index is 12.6. The molecule has 1 aromatic rings. The van der Waals surface area contributed by atoms with Crippen LogP contribution in [0.25, 0.3) is 0 Å². The van der Waals surface area contributed by atoms with Gasteiger partial charge in [-0.05, 0) is 37.7 Å². The third kappa shape index (κ3) is 5.33. The molecule has 1 aromatic heterocycles. The van der Waals surface area contributed by atoms with Gasteiger partial charge in [-0.3, -0.25) is 9.79 Å². The number of carbonyl (C=O) groups excluding carboxylic acids is 1. The van der Waals surface area contributed by atoms with Gasteiger partial charge in [-0.25, -0.2) is 9.97 Å². The number of carbonyl (C=O) groups is 1. The van der Waals surface area contributed by atoms with Crippen molar-refractivity contribution in [2.75, 3.05) is 57.3 Å². The van der Waals surface area contributed by atoms with E-state index in [-0.39, 0.29) is 29.9 Å². The molecule has 166 valence electrons. The quantitative estimate of drug-likeness (QED) is 0.359. The van der Waals surface area contributed by atoms with E-state index in [9.17, 15) is 4.79 Å². The SMILES string of the molecule is CCNC(=NCCC(=O)N1CCN(c2ncccn2)CC1)N1CCC2(CCC2)C1.I. The Bertz CT molecular complexity index is 717. The van der Waals surface area contributed by atoms with Crippen molar-refractivity contribution < 1.29 is 4.79 Å². The highest BCUT2D eigenvalue weighted by Crippen LogP contribution is 2.47. The van der Waals surface area contributed by atoms with Crippen molar-refractivity contribution in [1.29, 1.82) is 0 Å². The van der Waals surface area contributed by atoms with Crippen molar-refractivity contribution >= 4 is 41.8 Å². The summed E-state index contributed by atoms with van der Waals surface area (Å²) in [5.74, 6) is 1.92. The monoisotopic (exact) mass is 527 g/mol. The van der Waals surface area contributed by atoms with Gasteiger partial charge in [0, 0.05) is 64.6 Å². The summed E-state index contributed by atoms with van der Waals surface area (Å²) in [4.78, 5) is 32.5. The van der Waals surface area contributed by atoms with Crippen molar-refractivity contribution in [3.63, 3.8) is 0 Å². The topological polar surface area (TPSA) is 77.0 Å². The fourth-order valence-electron chi connectivity index (χ4n) is 4.65. The number of hydrogen-bond acceptors (Lipinski definition) is 5. The van der Waals surface area contributed by atoms with Gasteiger partial charge in [0.25, 0.3) is 0 Å². The lowest BCUT2D eigenvalue weighted by molar-refractivity contribution is -0.131. The minimum Gasteiger partial charge on any atom is -0.357 e. The molecule has 30 heavy (non-hydrogen) atoms. The molecule has 8 nitrogen and oxygen atoms in total. The second-order valence-corrected chi connectivity index (χ2v) is 8.43. The fraction of sp³-hybridized carbons (Fsp3) is 0.714. The molecule has 4 rings (SSSR count). The smallest absolute Gasteiger partial charge is 0.225 e. The van der Waals surface area contributed by atoms with Crippen LogP contribution in [0.5, 0.6) is 0 Å². The maximum Gasteiger partial charge on any atom is 0.225 e. The number of aromatic nitrogens is 2. The molecular weight excluding hydrogens is 493 g/mol. The Morgan fingerprint density at radius 3 is 2.43 bits per heavy atom. The van der Waals surface area contributed by atoms with Crippen LogP contribution >= 0.6 is 24.0 Å². The molecule has 1 aliphatic carbocycles. The number of aliphatic imine (C=N–C) groups is 1. The van der Waals surface area contributed by atoms with Crippen molar-refractivity contribution in [2.45, 2.75) is 39.0 Å². The van der Waals surface area contributed by atoms with Gasteiger partial charge in [-0.1, -0.05) is 6.42 Å². The molecule has 0 bridgehead atoms. The van der Waals surface area contributed by atoms with Gasteiger partial charge in [-0.15, -0.1) is 24.0 Å². The number of piperazine rings is 1. The predicted octanol–water partition coefficient (Wildman–Crippen LogP) is 1.97. The van der Waals surface area contributed by atoms with Gasteiger partial charge in [0.2, 0.25) is 11.9 Å². The van der Waals surface area contributed by atoms with E-state index >= 15 is 0 Å². The summed E-state index contributed by atoms with van der Waals surface area (Å²) in [5.41, 5.74) is 0.550. The predicted molar refractivity (Wildman–Crippen MR) is 129 cm³/mol. The minimum atomic E-state index is 0. The van der Waals surface area contributed by atoms with Gasteiger partial charge in [0.1, 0.15) is 0 Å². The molecule has 1 spiro atoms. The molecule has 1 saturated carbocycles. The Morgan fingerprint density at radius 1 is 1.10 bits per heavy atom. The number of nitrogens with zero attached hydrogens (tertiary/aromatic N) is 6. The van der Waals surface area contributed by atoms with Crippen LogP contribution in [0, 0.1) is 5.41 Å². The number of halogens is 1. The van der Waals surface area contributed by atoms with Crippen molar-refractivity contribution in [2.24, 2.45) is 10.4 Å². The van der Waals surface area contributed by atoms with Gasteiger partial charge in [0.15, 0.2) is 5.96 Å². The lowest BCUT2D eigenvalue weighted by Gasteiger charge is -2.38. The zero-order valence-corrected chi connectivity index (χ0v) is 20.3. The number of amides is 1. The molecule has 2 aliphatic heterocycles. The van der Waals surface area contributed by atoms with Gasteiger partial charge in [0.05, 0.1) is 6.54 Å². The molecule has 0 radical (unpaired) electrons. The first-order valence-corrected chi connectivity index (χ1v) is 11.0. The molecule has 2 saturated heterocycles. The van der Waals surface area contributed by atoms with Crippen LogP contribution in [-0.4, -0.2) is 84.0 Å². The van der Waals surface area contributed by atoms with Crippen LogP contribution in [0.3, 0.4) is 0 Å². The zero-order chi connectivity index (χ0) is 20.1. The molecule has 9 heteroatoms. The molecule has 0 unspecified atom stereocenters. The average Bonchev–Trinajstić information content (AvgIpc) is 3.20. The van der Waals surface area contributed by atoms with E-state index in [1.54, 1.807) is 12.4 Å². The summed E-state index contributed by atoms with van der Waals surface area (Å²) in [6.45, 7) is 8.71. The fourth-order valence-corrected chi connectivity index (χ4v) is 4.65. The second-order valence-electron chi connectivity index (χ2n) is 8.43. The van der Waals surface area contributed by atoms with E-state index in [2.05, 4.69) is 32.0 Å². The molecule has 0 atom stereocenters. The minimum absolute atomic E-state index is 0. The van der Waals surface area contributed by atoms with E-state index < -0.39 is 0 Å². The van der Waals surface area contributed by atoms with Crippen molar-refractivity contribution in [3.8, 4) is 0 Å². The summed E-state index contributed by atoms with van der Waals surface area (Å²) in [5, 5.41) is 3.42. The lowest BCUT2D eigenvalue weighted by atomic mass is 9.68. The lowest BCUT2D eigenvalue weighted by Crippen LogP contribution is -2.49. The number of hydrogen-bond donors (Lipinski definition) is 1. The van der Waals surface area contributed by atoms with Crippen LogP contribution in [-0.2, 0) is 4.79 Å². The summed E-state index contributed by atoms with van der Waals surface area (Å²) < 4.78 is 0. The van der Waals surface area contributed by atoms with E-state index in [1.165, 1.54) is 25.7 Å². The summed E-state index contributed by atoms with van der Waals surface area (Å²) >= 11 is 0. The molecule has 0 aromatic carbocycles. The molecular formula is C21H34IN7O. The summed E-state index contributed by atoms with van der Waals surface area (Å²) in [6, 6.07) is 1.82. The van der Waals surface area contributed by atoms with Crippen molar-refractivity contribution in [1.82, 2.24) is 25.1 Å². The molecule has 1 amide bonds. The second kappa shape index (κ2) is 10.6. The number of likely N-dealkylation sites (tertiary alicyclic amines) is 1. The third-order valence-electron chi connectivity index (χ3n) is 6.54. The highest BCUT2D eigenvalue weighted by atomic mass is 127. The van der Waals surface area contributed by atoms with E-state index in [0.29, 0.717) is 18.4 Å². The first kappa shape index (κ1) is 23.0. The molecule has 3 fully saturated rings. The van der Waals surface area contributed by atoms with Crippen LogP contribution < -0.4 is 10.2 Å². The average molecular weight is 527 g/mol. The maximum atomic E-state index is 12.6. The summed E-state index contributed by atoms with van der Waals surface area (Å²) in [7, 11) is 0. The molecule has 3 aliphatic rings. The van der Waals surface area contributed by atoms with Crippen LogP contribution in [0.4, 0.5) is 5.95 Å². The largest absolute Gasteiger partial charge is 0.357 e. The Hall–Kier alpha value is -1.65. The third-order valence-corrected chi connectivity index (χ3v) is 6.54. The Kier molecular flexibility index (Phi) is 8.13. The van der Waals surface area contributed by atoms with E-state index in [4.69, 9.17) is 4.99 Å². The van der Waals surface area contributed by atoms with E-state index in [0.717, 1.165) is 57.7 Å². The number of guanidine groups is 1. The molecule has 3 heterocycles. The zero-order valence-electron chi connectivity index (χ0n) is 17.9. The number of rotatable bonds is 5. The Balaban J connectivity index is 0.00000256. The van der Waals surface area contributed by atoms with Gasteiger partial charge < -0.3 is 20.0 Å². The van der Waals surface area contributed by atoms with Gasteiger partial charge in [-0.2, -0.15) is 0 Å². The van der Waals surface area contributed by atoms with Crippen molar-refractivity contribution in [3.05, 3.63) is 18.5 Å². The van der Waals surface area contributed by atoms with Gasteiger partial charge >= 0.3 is 0 Å². The Morgan fingerprint density at radius 2 is 1.83 bits per heavy atom. The normalized spacial score (nSPS) is 20.7. The highest BCUT2D eigenvalue weighted by Gasteiger charge is 2.43. The summed E-state index contributed by atoms with van der Waals surface area (Å²) in [6.07, 6.45) is 9.36. The standard InChI is InChI=1S/C21H33N7O.HI/c1-2-22-19(28-12-8-21(17-28)6-3-7-21)25-11-5-18(29)26-13-15-27(16-14-26)20-23-9-4-10-24-20;/h4,9-10H,2-3,5-8,11-17H2,1H3,(H,22,25);1H. The number of nitrogens with one attached hydrogen (secondary N) is 1. The first-order valence-electron chi connectivity index (χ1n) is 11.0. The Labute approximate surface area is 196 Å². The van der Waals surface area contributed by atoms with Crippen LogP contribution in [0.2, 0.25) is 0 Å². The molecule has 1 N–H and O–H groups in total. The number of anilines is 1. The van der Waals surface area contributed by atoms with Crippen LogP contribution in [0.1, 0.15) is 39.0 Å². The van der Waals surface area contributed by atoms with E-state index in [1.807, 2.05) is 11.0 Å². The van der Waals surface area contributed by atoms with Crippen LogP contribution in [0.15, 0.2) is 23.5 Å².